The third-order valence-corrected chi connectivity index (χ3v) is 9.15. The lowest BCUT2D eigenvalue weighted by molar-refractivity contribution is -0.141. The second-order valence-corrected chi connectivity index (χ2v) is 13.1. The van der Waals surface area contributed by atoms with Crippen LogP contribution in [0.1, 0.15) is 75.1 Å². The number of imide groups is 1. The van der Waals surface area contributed by atoms with Gasteiger partial charge in [0.05, 0.1) is 12.5 Å². The van der Waals surface area contributed by atoms with Crippen LogP contribution in [0.15, 0.2) is 78.9 Å². The second-order valence-electron chi connectivity index (χ2n) is 13.1. The number of carboxylic acid groups (broad SMARTS) is 1. The van der Waals surface area contributed by atoms with Crippen molar-refractivity contribution in [2.24, 2.45) is 5.92 Å². The van der Waals surface area contributed by atoms with E-state index in [2.05, 4.69) is 16.0 Å². The molecule has 2 atom stereocenters. The molecule has 2 unspecified atom stereocenters. The van der Waals surface area contributed by atoms with Crippen molar-refractivity contribution in [3.63, 3.8) is 0 Å². The Balaban J connectivity index is 1.35. The molecule has 1 aliphatic heterocycles. The van der Waals surface area contributed by atoms with Gasteiger partial charge in [-0.2, -0.15) is 0 Å². The molecule has 3 aromatic carbocycles. The summed E-state index contributed by atoms with van der Waals surface area (Å²) in [5, 5.41) is 18.1. The average Bonchev–Trinajstić information content (AvgIpc) is 3.62. The molecule has 1 saturated heterocycles. The van der Waals surface area contributed by atoms with Crippen molar-refractivity contribution in [1.29, 1.82) is 0 Å². The number of aryl methyl sites for hydroxylation is 1. The first-order valence-electron chi connectivity index (χ1n) is 16.4. The Hall–Kier alpha value is -5.19. The number of carboxylic acids is 1. The first-order valence-corrected chi connectivity index (χ1v) is 16.4. The van der Waals surface area contributed by atoms with Gasteiger partial charge in [0, 0.05) is 17.9 Å². The smallest absolute Gasteiger partial charge is 0.328 e. The maximum absolute atomic E-state index is 14.3. The van der Waals surface area contributed by atoms with Crippen LogP contribution in [-0.4, -0.2) is 56.3 Å². The summed E-state index contributed by atoms with van der Waals surface area (Å²) < 4.78 is 0. The zero-order chi connectivity index (χ0) is 34.4. The topological polar surface area (TPSA) is 148 Å². The monoisotopic (exact) mass is 653 g/mol. The first kappa shape index (κ1) is 34.2. The van der Waals surface area contributed by atoms with Gasteiger partial charge in [-0.3, -0.25) is 14.4 Å². The van der Waals surface area contributed by atoms with Gasteiger partial charge in [0.1, 0.15) is 11.6 Å². The summed E-state index contributed by atoms with van der Waals surface area (Å²) in [5.74, 6) is -2.06. The number of urea groups is 2. The molecule has 11 heteroatoms. The summed E-state index contributed by atoms with van der Waals surface area (Å²) in [5.41, 5.74) is 2.54. The molecular formula is C37H43N5O6. The summed E-state index contributed by atoms with van der Waals surface area (Å²) in [6.07, 6.45) is 2.42. The number of hydrogen-bond acceptors (Lipinski definition) is 5. The predicted molar refractivity (Wildman–Crippen MR) is 182 cm³/mol. The van der Waals surface area contributed by atoms with Crippen LogP contribution in [0.25, 0.3) is 0 Å². The number of carbonyl (C=O) groups is 5. The first-order chi connectivity index (χ1) is 23.0. The quantitative estimate of drug-likeness (QED) is 0.165. The van der Waals surface area contributed by atoms with Crippen molar-refractivity contribution in [3.8, 4) is 0 Å². The van der Waals surface area contributed by atoms with Crippen LogP contribution < -0.4 is 16.0 Å². The normalized spacial score (nSPS) is 16.7. The minimum Gasteiger partial charge on any atom is -0.481 e. The molecule has 0 bridgehead atoms. The summed E-state index contributed by atoms with van der Waals surface area (Å²) >= 11 is 0. The molecule has 0 radical (unpaired) electrons. The van der Waals surface area contributed by atoms with Gasteiger partial charge in [-0.05, 0) is 67.0 Å². The molecular weight excluding hydrogens is 610 g/mol. The molecule has 1 heterocycles. The van der Waals surface area contributed by atoms with E-state index in [0.29, 0.717) is 29.8 Å². The van der Waals surface area contributed by atoms with E-state index < -0.39 is 35.5 Å². The summed E-state index contributed by atoms with van der Waals surface area (Å²) in [4.78, 5) is 69.5. The van der Waals surface area contributed by atoms with E-state index in [-0.39, 0.29) is 37.2 Å². The zero-order valence-electron chi connectivity index (χ0n) is 27.6. The molecule has 11 nitrogen and oxygen atoms in total. The van der Waals surface area contributed by atoms with Crippen molar-refractivity contribution < 1.29 is 29.1 Å². The average molecular weight is 654 g/mol. The van der Waals surface area contributed by atoms with E-state index in [1.54, 1.807) is 59.5 Å². The van der Waals surface area contributed by atoms with Gasteiger partial charge < -0.3 is 26.0 Å². The van der Waals surface area contributed by atoms with E-state index >= 15 is 0 Å². The van der Waals surface area contributed by atoms with Crippen molar-refractivity contribution >= 4 is 41.2 Å². The van der Waals surface area contributed by atoms with Crippen LogP contribution in [0.2, 0.25) is 0 Å². The van der Waals surface area contributed by atoms with Gasteiger partial charge in [0.2, 0.25) is 5.91 Å². The highest BCUT2D eigenvalue weighted by Gasteiger charge is 2.60. The number of para-hydroxylation sites is 1. The van der Waals surface area contributed by atoms with E-state index in [0.717, 1.165) is 28.9 Å². The maximum Gasteiger partial charge on any atom is 0.328 e. The zero-order valence-corrected chi connectivity index (χ0v) is 27.6. The lowest BCUT2D eigenvalue weighted by Gasteiger charge is -2.31. The summed E-state index contributed by atoms with van der Waals surface area (Å²) in [6, 6.07) is 20.5. The molecule has 48 heavy (non-hydrogen) atoms. The third-order valence-electron chi connectivity index (χ3n) is 9.15. The number of amides is 6. The number of hydrogen-bond donors (Lipinski definition) is 4. The Labute approximate surface area is 280 Å². The molecule has 2 aliphatic rings. The minimum absolute atomic E-state index is 0.0346. The Bertz CT molecular complexity index is 1650. The van der Waals surface area contributed by atoms with Crippen LogP contribution >= 0.6 is 0 Å². The molecule has 3 aromatic rings. The van der Waals surface area contributed by atoms with Crippen molar-refractivity contribution in [1.82, 2.24) is 15.1 Å². The van der Waals surface area contributed by atoms with Crippen LogP contribution in [-0.2, 0) is 20.9 Å². The SMILES string of the molecule is Cc1ccccc1NC(=O)Nc1ccc(CN2C(=O)N(C(CC(C)C)C(=O)NC(CC(=O)O)c3ccccc3)C(=O)C23CCCC3)cc1. The van der Waals surface area contributed by atoms with E-state index in [1.807, 2.05) is 45.0 Å². The third kappa shape index (κ3) is 7.51. The highest BCUT2D eigenvalue weighted by Crippen LogP contribution is 2.44. The number of anilines is 2. The lowest BCUT2D eigenvalue weighted by atomic mass is 9.93. The molecule has 2 fully saturated rings. The van der Waals surface area contributed by atoms with Crippen LogP contribution in [0, 0.1) is 12.8 Å². The summed E-state index contributed by atoms with van der Waals surface area (Å²) in [7, 11) is 0. The molecule has 5 rings (SSSR count). The van der Waals surface area contributed by atoms with Gasteiger partial charge >= 0.3 is 18.0 Å². The Morgan fingerprint density at radius 1 is 0.875 bits per heavy atom. The fourth-order valence-electron chi connectivity index (χ4n) is 6.71. The van der Waals surface area contributed by atoms with Gasteiger partial charge in [0.25, 0.3) is 5.91 Å². The van der Waals surface area contributed by atoms with Gasteiger partial charge in [-0.25, -0.2) is 14.5 Å². The number of aliphatic carboxylic acids is 1. The van der Waals surface area contributed by atoms with Gasteiger partial charge in [-0.15, -0.1) is 0 Å². The van der Waals surface area contributed by atoms with E-state index in [9.17, 15) is 29.1 Å². The Kier molecular flexibility index (Phi) is 10.5. The maximum atomic E-state index is 14.3. The number of rotatable bonds is 12. The summed E-state index contributed by atoms with van der Waals surface area (Å²) in [6.45, 7) is 5.89. The largest absolute Gasteiger partial charge is 0.481 e. The molecule has 0 aromatic heterocycles. The Morgan fingerprint density at radius 3 is 2.15 bits per heavy atom. The van der Waals surface area contributed by atoms with E-state index in [1.165, 1.54) is 0 Å². The molecule has 1 spiro atoms. The molecule has 252 valence electrons. The molecule has 6 amide bonds. The molecule has 1 aliphatic carbocycles. The predicted octanol–water partition coefficient (Wildman–Crippen LogP) is 6.46. The standard InChI is InChI=1S/C37H43N5O6/c1-24(2)21-31(33(45)39-30(22-32(43)44)27-12-5-4-6-13-27)42-34(46)37(19-9-10-20-37)41(36(42)48)23-26-15-17-28(18-16-26)38-35(47)40-29-14-8-7-11-25(29)3/h4-8,11-18,24,30-31H,9-10,19-23H2,1-3H3,(H,39,45)(H,43,44)(H2,38,40,47). The second kappa shape index (κ2) is 14.7. The van der Waals surface area contributed by atoms with Crippen LogP contribution in [0.3, 0.4) is 0 Å². The minimum atomic E-state index is -1.11. The van der Waals surface area contributed by atoms with Crippen LogP contribution in [0.5, 0.6) is 0 Å². The van der Waals surface area contributed by atoms with Crippen molar-refractivity contribution in [2.45, 2.75) is 83.5 Å². The van der Waals surface area contributed by atoms with Crippen molar-refractivity contribution in [3.05, 3.63) is 95.6 Å². The fraction of sp³-hybridized carbons (Fsp3) is 0.378. The number of nitrogens with zero attached hydrogens (tertiary/aromatic N) is 2. The van der Waals surface area contributed by atoms with Crippen LogP contribution in [0.4, 0.5) is 21.0 Å². The highest BCUT2D eigenvalue weighted by atomic mass is 16.4. The van der Waals surface area contributed by atoms with E-state index in [4.69, 9.17) is 0 Å². The number of nitrogens with one attached hydrogen (secondary N) is 3. The van der Waals surface area contributed by atoms with Gasteiger partial charge in [0.15, 0.2) is 0 Å². The fourth-order valence-corrected chi connectivity index (χ4v) is 6.71. The highest BCUT2D eigenvalue weighted by molar-refractivity contribution is 6.10. The molecule has 4 N–H and O–H groups in total. The number of carbonyl (C=O) groups excluding carboxylic acids is 4. The number of benzene rings is 3. The lowest BCUT2D eigenvalue weighted by Crippen LogP contribution is -2.52. The Morgan fingerprint density at radius 2 is 1.52 bits per heavy atom. The van der Waals surface area contributed by atoms with Crippen molar-refractivity contribution in [2.75, 3.05) is 10.6 Å². The molecule has 1 saturated carbocycles. The van der Waals surface area contributed by atoms with Gasteiger partial charge in [-0.1, -0.05) is 87.4 Å².